The number of carbonyl (C=O) groups excluding carboxylic acids is 1. The smallest absolute Gasteiger partial charge is 0.320 e. The standard InChI is InChI=1S/C14H25NO2/c1-2-17-14(16)11-15(10-12-8-9-12)13-6-4-3-5-7-13/h12-13H,2-11H2,1H3. The SMILES string of the molecule is CCOC(=O)CN(CC1CC1)C1CCCCC1. The fourth-order valence-electron chi connectivity index (χ4n) is 2.79. The van der Waals surface area contributed by atoms with Crippen LogP contribution in [0, 0.1) is 5.92 Å². The van der Waals surface area contributed by atoms with E-state index >= 15 is 0 Å². The largest absolute Gasteiger partial charge is 0.465 e. The highest BCUT2D eigenvalue weighted by atomic mass is 16.5. The Balaban J connectivity index is 1.84. The summed E-state index contributed by atoms with van der Waals surface area (Å²) in [4.78, 5) is 14.0. The third-order valence-electron chi connectivity index (χ3n) is 3.92. The highest BCUT2D eigenvalue weighted by Gasteiger charge is 2.30. The van der Waals surface area contributed by atoms with Crippen LogP contribution in [0.5, 0.6) is 0 Å². The molecule has 0 aromatic heterocycles. The molecule has 0 aromatic carbocycles. The Morgan fingerprint density at radius 3 is 2.47 bits per heavy atom. The number of nitrogens with zero attached hydrogens (tertiary/aromatic N) is 1. The summed E-state index contributed by atoms with van der Waals surface area (Å²) in [6.45, 7) is 4.00. The summed E-state index contributed by atoms with van der Waals surface area (Å²) in [7, 11) is 0. The summed E-state index contributed by atoms with van der Waals surface area (Å²) in [5.41, 5.74) is 0. The maximum absolute atomic E-state index is 11.6. The Labute approximate surface area is 105 Å². The van der Waals surface area contributed by atoms with Crippen molar-refractivity contribution in [3.8, 4) is 0 Å². The molecule has 0 amide bonds. The molecule has 0 aliphatic heterocycles. The van der Waals surface area contributed by atoms with Gasteiger partial charge in [-0.25, -0.2) is 0 Å². The molecule has 0 bridgehead atoms. The lowest BCUT2D eigenvalue weighted by molar-refractivity contribution is -0.145. The summed E-state index contributed by atoms with van der Waals surface area (Å²) >= 11 is 0. The van der Waals surface area contributed by atoms with E-state index in [1.807, 2.05) is 6.92 Å². The third-order valence-corrected chi connectivity index (χ3v) is 3.92. The molecule has 3 heteroatoms. The van der Waals surface area contributed by atoms with E-state index in [0.717, 1.165) is 12.5 Å². The summed E-state index contributed by atoms with van der Waals surface area (Å²) in [5.74, 6) is 0.810. The van der Waals surface area contributed by atoms with Gasteiger partial charge in [0.05, 0.1) is 13.2 Å². The second-order valence-electron chi connectivity index (χ2n) is 5.47. The molecule has 3 nitrogen and oxygen atoms in total. The lowest BCUT2D eigenvalue weighted by Gasteiger charge is -2.33. The number of carbonyl (C=O) groups is 1. The molecule has 0 unspecified atom stereocenters. The predicted octanol–water partition coefficient (Wildman–Crippen LogP) is 2.59. The van der Waals surface area contributed by atoms with E-state index in [2.05, 4.69) is 4.90 Å². The fourth-order valence-corrected chi connectivity index (χ4v) is 2.79. The topological polar surface area (TPSA) is 29.5 Å². The van der Waals surface area contributed by atoms with Gasteiger partial charge in [-0.05, 0) is 38.5 Å². The molecule has 0 spiro atoms. The minimum absolute atomic E-state index is 0.0428. The number of hydrogen-bond acceptors (Lipinski definition) is 3. The second-order valence-corrected chi connectivity index (χ2v) is 5.47. The fraction of sp³-hybridized carbons (Fsp3) is 0.929. The summed E-state index contributed by atoms with van der Waals surface area (Å²) < 4.78 is 5.08. The zero-order valence-electron chi connectivity index (χ0n) is 11.0. The lowest BCUT2D eigenvalue weighted by Crippen LogP contribution is -2.42. The van der Waals surface area contributed by atoms with Crippen LogP contribution in [0.2, 0.25) is 0 Å². The molecular weight excluding hydrogens is 214 g/mol. The van der Waals surface area contributed by atoms with Gasteiger partial charge in [-0.3, -0.25) is 9.69 Å². The van der Waals surface area contributed by atoms with Gasteiger partial charge in [0.2, 0.25) is 0 Å². The van der Waals surface area contributed by atoms with Crippen LogP contribution in [0.4, 0.5) is 0 Å². The second kappa shape index (κ2) is 6.39. The van der Waals surface area contributed by atoms with Gasteiger partial charge >= 0.3 is 5.97 Å². The first-order valence-electron chi connectivity index (χ1n) is 7.19. The zero-order chi connectivity index (χ0) is 12.1. The van der Waals surface area contributed by atoms with Crippen molar-refractivity contribution in [1.82, 2.24) is 4.90 Å². The zero-order valence-corrected chi connectivity index (χ0v) is 11.0. The van der Waals surface area contributed by atoms with Gasteiger partial charge in [0, 0.05) is 12.6 Å². The first-order valence-corrected chi connectivity index (χ1v) is 7.19. The van der Waals surface area contributed by atoms with E-state index in [9.17, 15) is 4.79 Å². The van der Waals surface area contributed by atoms with Gasteiger partial charge < -0.3 is 4.74 Å². The van der Waals surface area contributed by atoms with E-state index < -0.39 is 0 Å². The van der Waals surface area contributed by atoms with Crippen LogP contribution in [0.15, 0.2) is 0 Å². The normalized spacial score (nSPS) is 21.8. The van der Waals surface area contributed by atoms with Crippen molar-refractivity contribution >= 4 is 5.97 Å². The molecule has 98 valence electrons. The van der Waals surface area contributed by atoms with E-state index in [1.54, 1.807) is 0 Å². The van der Waals surface area contributed by atoms with Crippen molar-refractivity contribution in [2.75, 3.05) is 19.7 Å². The van der Waals surface area contributed by atoms with Gasteiger partial charge in [0.15, 0.2) is 0 Å². The van der Waals surface area contributed by atoms with Gasteiger partial charge in [0.25, 0.3) is 0 Å². The Kier molecular flexibility index (Phi) is 4.84. The molecule has 2 aliphatic rings. The molecule has 2 saturated carbocycles. The molecule has 2 aliphatic carbocycles. The number of esters is 1. The first kappa shape index (κ1) is 12.9. The van der Waals surface area contributed by atoms with Crippen LogP contribution >= 0.6 is 0 Å². The average molecular weight is 239 g/mol. The molecule has 0 saturated heterocycles. The van der Waals surface area contributed by atoms with E-state index in [4.69, 9.17) is 4.74 Å². The van der Waals surface area contributed by atoms with Crippen molar-refractivity contribution in [2.45, 2.75) is 57.9 Å². The molecular formula is C14H25NO2. The summed E-state index contributed by atoms with van der Waals surface area (Å²) in [5, 5.41) is 0. The van der Waals surface area contributed by atoms with Crippen LogP contribution in [-0.4, -0.2) is 36.6 Å². The summed E-state index contributed by atoms with van der Waals surface area (Å²) in [6.07, 6.45) is 9.27. The Bertz CT molecular complexity index is 245. The molecule has 0 atom stereocenters. The van der Waals surface area contributed by atoms with Gasteiger partial charge in [-0.2, -0.15) is 0 Å². The Morgan fingerprint density at radius 2 is 1.88 bits per heavy atom. The average Bonchev–Trinajstić information content (AvgIpc) is 3.14. The molecule has 2 rings (SSSR count). The highest BCUT2D eigenvalue weighted by molar-refractivity contribution is 5.71. The van der Waals surface area contributed by atoms with Crippen molar-refractivity contribution in [3.63, 3.8) is 0 Å². The molecule has 0 radical (unpaired) electrons. The maximum Gasteiger partial charge on any atom is 0.320 e. The highest BCUT2D eigenvalue weighted by Crippen LogP contribution is 2.32. The van der Waals surface area contributed by atoms with Crippen LogP contribution in [0.1, 0.15) is 51.9 Å². The quantitative estimate of drug-likeness (QED) is 0.667. The third kappa shape index (κ3) is 4.30. The number of hydrogen-bond donors (Lipinski definition) is 0. The predicted molar refractivity (Wildman–Crippen MR) is 67.8 cm³/mol. The van der Waals surface area contributed by atoms with E-state index in [1.165, 1.54) is 44.9 Å². The van der Waals surface area contributed by atoms with Crippen LogP contribution in [-0.2, 0) is 9.53 Å². The monoisotopic (exact) mass is 239 g/mol. The van der Waals surface area contributed by atoms with Crippen molar-refractivity contribution in [1.29, 1.82) is 0 Å². The minimum atomic E-state index is -0.0428. The van der Waals surface area contributed by atoms with Crippen molar-refractivity contribution < 1.29 is 9.53 Å². The van der Waals surface area contributed by atoms with Crippen LogP contribution in [0.3, 0.4) is 0 Å². The molecule has 0 aromatic rings. The van der Waals surface area contributed by atoms with Gasteiger partial charge in [-0.15, -0.1) is 0 Å². The number of ether oxygens (including phenoxy) is 1. The number of rotatable bonds is 6. The molecule has 2 fully saturated rings. The minimum Gasteiger partial charge on any atom is -0.465 e. The van der Waals surface area contributed by atoms with Gasteiger partial charge in [0.1, 0.15) is 0 Å². The lowest BCUT2D eigenvalue weighted by atomic mass is 9.94. The van der Waals surface area contributed by atoms with E-state index in [0.29, 0.717) is 19.2 Å². The van der Waals surface area contributed by atoms with Crippen molar-refractivity contribution in [3.05, 3.63) is 0 Å². The van der Waals surface area contributed by atoms with Crippen molar-refractivity contribution in [2.24, 2.45) is 5.92 Å². The van der Waals surface area contributed by atoms with E-state index in [-0.39, 0.29) is 5.97 Å². The Morgan fingerprint density at radius 1 is 1.18 bits per heavy atom. The van der Waals surface area contributed by atoms with Crippen LogP contribution in [0.25, 0.3) is 0 Å². The Hall–Kier alpha value is -0.570. The molecule has 0 heterocycles. The molecule has 17 heavy (non-hydrogen) atoms. The maximum atomic E-state index is 11.6. The molecule has 0 N–H and O–H groups in total. The van der Waals surface area contributed by atoms with Gasteiger partial charge in [-0.1, -0.05) is 19.3 Å². The summed E-state index contributed by atoms with van der Waals surface area (Å²) in [6, 6.07) is 0.633. The van der Waals surface area contributed by atoms with Crippen LogP contribution < -0.4 is 0 Å². The first-order chi connectivity index (χ1) is 8.29.